The van der Waals surface area contributed by atoms with Crippen LogP contribution in [-0.4, -0.2) is 17.0 Å². The molecule has 0 saturated carbocycles. The van der Waals surface area contributed by atoms with E-state index < -0.39 is 0 Å². The molecule has 3 nitrogen and oxygen atoms in total. The summed E-state index contributed by atoms with van der Waals surface area (Å²) >= 11 is 0. The molecule has 0 unspecified atom stereocenters. The zero-order chi connectivity index (χ0) is 17.2. The average Bonchev–Trinajstić information content (AvgIpc) is 2.67. The molecular weight excluding hydrogens is 306 g/mol. The fraction of sp³-hybridized carbons (Fsp3) is 0.0909. The highest BCUT2D eigenvalue weighted by atomic mass is 15.2. The van der Waals surface area contributed by atoms with Gasteiger partial charge in [0.1, 0.15) is 5.82 Å². The van der Waals surface area contributed by atoms with Crippen LogP contribution in [-0.2, 0) is 0 Å². The largest absolute Gasteiger partial charge is 0.329 e. The lowest BCUT2D eigenvalue weighted by Crippen LogP contribution is -2.12. The fourth-order valence-corrected chi connectivity index (χ4v) is 3.03. The van der Waals surface area contributed by atoms with E-state index >= 15 is 0 Å². The van der Waals surface area contributed by atoms with Crippen LogP contribution >= 0.6 is 0 Å². The van der Waals surface area contributed by atoms with E-state index in [4.69, 9.17) is 4.98 Å². The van der Waals surface area contributed by atoms with Crippen LogP contribution in [0.3, 0.4) is 0 Å². The quantitative estimate of drug-likeness (QED) is 0.507. The van der Waals surface area contributed by atoms with Crippen molar-refractivity contribution in [3.63, 3.8) is 0 Å². The molecule has 0 fully saturated rings. The molecule has 2 aromatic heterocycles. The van der Waals surface area contributed by atoms with E-state index in [-0.39, 0.29) is 0 Å². The maximum absolute atomic E-state index is 4.96. The van der Waals surface area contributed by atoms with Crippen molar-refractivity contribution < 1.29 is 0 Å². The molecule has 0 saturated heterocycles. The molecule has 0 amide bonds. The molecule has 0 aliphatic heterocycles. The van der Waals surface area contributed by atoms with E-state index in [0.717, 1.165) is 33.7 Å². The first kappa shape index (κ1) is 15.3. The van der Waals surface area contributed by atoms with Crippen LogP contribution in [0.4, 0.5) is 11.5 Å². The standard InChI is InChI=1S/C22H19N3/c1-16-8-6-11-18(14-16)25(2)22-19-12-7-13-23-21(19)15-20(24-22)17-9-4-3-5-10-17/h3-15H,1-2H3. The number of hydrogen-bond acceptors (Lipinski definition) is 3. The van der Waals surface area contributed by atoms with Gasteiger partial charge in [0.15, 0.2) is 0 Å². The first-order chi connectivity index (χ1) is 12.2. The van der Waals surface area contributed by atoms with Gasteiger partial charge in [-0.15, -0.1) is 0 Å². The zero-order valence-corrected chi connectivity index (χ0v) is 14.3. The van der Waals surface area contributed by atoms with Crippen molar-refractivity contribution in [2.24, 2.45) is 0 Å². The summed E-state index contributed by atoms with van der Waals surface area (Å²) in [5, 5.41) is 1.05. The van der Waals surface area contributed by atoms with Gasteiger partial charge in [-0.25, -0.2) is 4.98 Å². The topological polar surface area (TPSA) is 29.0 Å². The lowest BCUT2D eigenvalue weighted by atomic mass is 10.1. The summed E-state index contributed by atoms with van der Waals surface area (Å²) in [7, 11) is 2.05. The molecule has 0 atom stereocenters. The molecule has 2 heterocycles. The van der Waals surface area contributed by atoms with Gasteiger partial charge >= 0.3 is 0 Å². The van der Waals surface area contributed by atoms with Crippen molar-refractivity contribution in [2.75, 3.05) is 11.9 Å². The predicted molar refractivity (Wildman–Crippen MR) is 104 cm³/mol. The molecule has 0 N–H and O–H groups in total. The Balaban J connectivity index is 1.92. The van der Waals surface area contributed by atoms with E-state index in [1.807, 2.05) is 30.5 Å². The van der Waals surface area contributed by atoms with Crippen molar-refractivity contribution in [3.8, 4) is 11.3 Å². The number of benzene rings is 2. The highest BCUT2D eigenvalue weighted by Crippen LogP contribution is 2.32. The smallest absolute Gasteiger partial charge is 0.142 e. The molecule has 4 aromatic rings. The van der Waals surface area contributed by atoms with Crippen LogP contribution in [0.25, 0.3) is 22.2 Å². The number of hydrogen-bond donors (Lipinski definition) is 0. The molecule has 122 valence electrons. The van der Waals surface area contributed by atoms with Crippen LogP contribution in [0.5, 0.6) is 0 Å². The maximum atomic E-state index is 4.96. The van der Waals surface area contributed by atoms with Gasteiger partial charge in [-0.05, 0) is 42.8 Å². The van der Waals surface area contributed by atoms with E-state index in [0.29, 0.717) is 0 Å². The van der Waals surface area contributed by atoms with Gasteiger partial charge < -0.3 is 4.90 Å². The van der Waals surface area contributed by atoms with E-state index in [2.05, 4.69) is 72.4 Å². The Morgan fingerprint density at radius 1 is 0.840 bits per heavy atom. The first-order valence-electron chi connectivity index (χ1n) is 8.34. The Bertz CT molecular complexity index is 1030. The number of pyridine rings is 2. The summed E-state index contributed by atoms with van der Waals surface area (Å²) in [5.74, 6) is 0.912. The van der Waals surface area contributed by atoms with Gasteiger partial charge in [-0.1, -0.05) is 42.5 Å². The molecule has 2 aromatic carbocycles. The van der Waals surface area contributed by atoms with Gasteiger partial charge in [0.2, 0.25) is 0 Å². The van der Waals surface area contributed by atoms with Crippen LogP contribution in [0.15, 0.2) is 79.0 Å². The normalized spacial score (nSPS) is 10.8. The summed E-state index contributed by atoms with van der Waals surface area (Å²) in [6.07, 6.45) is 1.83. The van der Waals surface area contributed by atoms with Crippen LogP contribution < -0.4 is 4.90 Å². The second-order valence-corrected chi connectivity index (χ2v) is 6.17. The summed E-state index contributed by atoms with van der Waals surface area (Å²) in [6, 6.07) is 24.8. The molecule has 0 bridgehead atoms. The lowest BCUT2D eigenvalue weighted by molar-refractivity contribution is 1.14. The van der Waals surface area contributed by atoms with Gasteiger partial charge in [0.05, 0.1) is 11.2 Å². The molecule has 25 heavy (non-hydrogen) atoms. The third-order valence-electron chi connectivity index (χ3n) is 4.36. The highest BCUT2D eigenvalue weighted by Gasteiger charge is 2.13. The Labute approximate surface area is 147 Å². The van der Waals surface area contributed by atoms with Crippen molar-refractivity contribution in [2.45, 2.75) is 6.92 Å². The van der Waals surface area contributed by atoms with Crippen LogP contribution in [0.2, 0.25) is 0 Å². The Kier molecular flexibility index (Phi) is 3.90. The zero-order valence-electron chi connectivity index (χ0n) is 14.3. The SMILES string of the molecule is Cc1cccc(N(C)c2nc(-c3ccccc3)cc3ncccc23)c1. The monoisotopic (exact) mass is 325 g/mol. The van der Waals surface area contributed by atoms with E-state index in [1.165, 1.54) is 5.56 Å². The molecule has 0 spiro atoms. The minimum absolute atomic E-state index is 0.912. The Morgan fingerprint density at radius 3 is 2.48 bits per heavy atom. The minimum Gasteiger partial charge on any atom is -0.329 e. The second kappa shape index (κ2) is 6.36. The van der Waals surface area contributed by atoms with Crippen molar-refractivity contribution in [1.82, 2.24) is 9.97 Å². The number of rotatable bonds is 3. The number of anilines is 2. The second-order valence-electron chi connectivity index (χ2n) is 6.17. The number of nitrogens with zero attached hydrogens (tertiary/aromatic N) is 3. The van der Waals surface area contributed by atoms with Gasteiger partial charge in [0, 0.05) is 29.9 Å². The maximum Gasteiger partial charge on any atom is 0.142 e. The highest BCUT2D eigenvalue weighted by molar-refractivity contribution is 5.94. The molecule has 0 radical (unpaired) electrons. The van der Waals surface area contributed by atoms with Crippen molar-refractivity contribution >= 4 is 22.4 Å². The molecule has 0 aliphatic rings. The third kappa shape index (κ3) is 2.96. The number of aryl methyl sites for hydroxylation is 1. The molecular formula is C22H19N3. The molecule has 3 heteroatoms. The number of fused-ring (bicyclic) bond motifs is 1. The summed E-state index contributed by atoms with van der Waals surface area (Å²) in [5.41, 5.74) is 5.31. The van der Waals surface area contributed by atoms with Gasteiger partial charge in [-0.3, -0.25) is 4.98 Å². The van der Waals surface area contributed by atoms with E-state index in [9.17, 15) is 0 Å². The summed E-state index contributed by atoms with van der Waals surface area (Å²) in [6.45, 7) is 2.10. The Hall–Kier alpha value is -3.20. The minimum atomic E-state index is 0.912. The first-order valence-corrected chi connectivity index (χ1v) is 8.34. The third-order valence-corrected chi connectivity index (χ3v) is 4.36. The predicted octanol–water partition coefficient (Wildman–Crippen LogP) is 5.37. The van der Waals surface area contributed by atoms with Gasteiger partial charge in [-0.2, -0.15) is 0 Å². The summed E-state index contributed by atoms with van der Waals surface area (Å²) < 4.78 is 0. The van der Waals surface area contributed by atoms with E-state index in [1.54, 1.807) is 0 Å². The van der Waals surface area contributed by atoms with Gasteiger partial charge in [0.25, 0.3) is 0 Å². The van der Waals surface area contributed by atoms with Crippen molar-refractivity contribution in [1.29, 1.82) is 0 Å². The van der Waals surface area contributed by atoms with Crippen LogP contribution in [0.1, 0.15) is 5.56 Å². The lowest BCUT2D eigenvalue weighted by Gasteiger charge is -2.21. The Morgan fingerprint density at radius 2 is 1.68 bits per heavy atom. The average molecular weight is 325 g/mol. The van der Waals surface area contributed by atoms with Crippen LogP contribution in [0, 0.1) is 6.92 Å². The van der Waals surface area contributed by atoms with Crippen molar-refractivity contribution in [3.05, 3.63) is 84.6 Å². The summed E-state index contributed by atoms with van der Waals surface area (Å²) in [4.78, 5) is 11.6. The molecule has 0 aliphatic carbocycles. The fourth-order valence-electron chi connectivity index (χ4n) is 3.03. The number of aromatic nitrogens is 2. The molecule has 4 rings (SSSR count).